The Balaban J connectivity index is 1.59. The molecule has 1 aromatic carbocycles. The van der Waals surface area contributed by atoms with Crippen LogP contribution in [0, 0.1) is 0 Å². The van der Waals surface area contributed by atoms with Gasteiger partial charge in [0.2, 0.25) is 0 Å². The fourth-order valence-corrected chi connectivity index (χ4v) is 4.53. The minimum absolute atomic E-state index is 0.0369. The lowest BCUT2D eigenvalue weighted by atomic mass is 9.68. The number of hydrogen-bond donors (Lipinski definition) is 1. The van der Waals surface area contributed by atoms with Gasteiger partial charge in [0.05, 0.1) is 25.0 Å². The molecule has 0 aliphatic heterocycles. The molecule has 156 valence electrons. The van der Waals surface area contributed by atoms with Crippen LogP contribution in [-0.4, -0.2) is 28.4 Å². The number of halogens is 1. The van der Waals surface area contributed by atoms with Crippen molar-refractivity contribution in [3.05, 3.63) is 75.8 Å². The number of benzene rings is 1. The highest BCUT2D eigenvalue weighted by Gasteiger charge is 2.37. The van der Waals surface area contributed by atoms with Gasteiger partial charge >= 0.3 is 0 Å². The van der Waals surface area contributed by atoms with Gasteiger partial charge in [0.15, 0.2) is 0 Å². The van der Waals surface area contributed by atoms with E-state index in [4.69, 9.17) is 22.1 Å². The van der Waals surface area contributed by atoms with Gasteiger partial charge in [-0.15, -0.1) is 0 Å². The van der Waals surface area contributed by atoms with Crippen molar-refractivity contribution in [2.24, 2.45) is 5.73 Å². The zero-order valence-corrected chi connectivity index (χ0v) is 17.7. The van der Waals surface area contributed by atoms with Gasteiger partial charge in [0, 0.05) is 34.8 Å². The van der Waals surface area contributed by atoms with Gasteiger partial charge in [-0.1, -0.05) is 23.7 Å². The first-order valence-electron chi connectivity index (χ1n) is 10.1. The summed E-state index contributed by atoms with van der Waals surface area (Å²) in [6.45, 7) is 0.553. The van der Waals surface area contributed by atoms with E-state index in [0.717, 1.165) is 36.3 Å². The number of hydrogen-bond acceptors (Lipinski definition) is 5. The highest BCUT2D eigenvalue weighted by atomic mass is 35.5. The monoisotopic (exact) mass is 424 g/mol. The van der Waals surface area contributed by atoms with Crippen molar-refractivity contribution in [2.75, 3.05) is 13.7 Å². The normalized spacial score (nSPS) is 21.4. The molecule has 6 nitrogen and oxygen atoms in total. The second-order valence-electron chi connectivity index (χ2n) is 7.84. The van der Waals surface area contributed by atoms with Crippen LogP contribution in [0.3, 0.4) is 0 Å². The topological polar surface area (TPSA) is 83.0 Å². The zero-order valence-electron chi connectivity index (χ0n) is 16.9. The summed E-state index contributed by atoms with van der Waals surface area (Å²) in [6.07, 6.45) is 6.79. The molecule has 7 heteroatoms. The Morgan fingerprint density at radius 3 is 2.70 bits per heavy atom. The molecule has 0 bridgehead atoms. The largest absolute Gasteiger partial charge is 0.495 e. The molecule has 0 unspecified atom stereocenters. The van der Waals surface area contributed by atoms with Crippen LogP contribution in [0.1, 0.15) is 37.3 Å². The van der Waals surface area contributed by atoms with Crippen LogP contribution >= 0.6 is 11.6 Å². The van der Waals surface area contributed by atoms with E-state index in [0.29, 0.717) is 18.0 Å². The van der Waals surface area contributed by atoms with Crippen molar-refractivity contribution in [1.29, 1.82) is 0 Å². The van der Waals surface area contributed by atoms with E-state index in [-0.39, 0.29) is 17.0 Å². The van der Waals surface area contributed by atoms with E-state index in [2.05, 4.69) is 16.1 Å². The minimum Gasteiger partial charge on any atom is -0.495 e. The van der Waals surface area contributed by atoms with Crippen LogP contribution in [-0.2, 0) is 5.41 Å². The van der Waals surface area contributed by atoms with Crippen LogP contribution in [0.15, 0.2) is 59.7 Å². The van der Waals surface area contributed by atoms with Crippen LogP contribution in [0.5, 0.6) is 5.75 Å². The fourth-order valence-electron chi connectivity index (χ4n) is 4.34. The zero-order chi connectivity index (χ0) is 21.1. The molecular weight excluding hydrogens is 400 g/mol. The Hall–Kier alpha value is -2.70. The van der Waals surface area contributed by atoms with Crippen molar-refractivity contribution in [3.8, 4) is 17.0 Å². The second kappa shape index (κ2) is 8.58. The van der Waals surface area contributed by atoms with E-state index in [1.807, 2.05) is 24.3 Å². The number of methoxy groups -OCH3 is 1. The smallest absolute Gasteiger partial charge is 0.267 e. The van der Waals surface area contributed by atoms with E-state index >= 15 is 0 Å². The molecule has 1 aliphatic carbocycles. The van der Waals surface area contributed by atoms with E-state index in [1.165, 1.54) is 5.56 Å². The SMILES string of the molecule is COc1cncc(-c2ccc(=O)n([C@H]3CC[C@@](CN)(c4cccc(Cl)c4)CC3)n2)c1. The molecule has 1 aliphatic rings. The average molecular weight is 425 g/mol. The van der Waals surface area contributed by atoms with Crippen molar-refractivity contribution in [2.45, 2.75) is 37.1 Å². The van der Waals surface area contributed by atoms with Gasteiger partial charge in [-0.25, -0.2) is 4.68 Å². The molecule has 0 atom stereocenters. The highest BCUT2D eigenvalue weighted by Crippen LogP contribution is 2.42. The number of rotatable bonds is 5. The molecule has 1 fully saturated rings. The molecule has 4 rings (SSSR count). The summed E-state index contributed by atoms with van der Waals surface area (Å²) in [7, 11) is 1.60. The van der Waals surface area contributed by atoms with E-state index < -0.39 is 0 Å². The predicted molar refractivity (Wildman–Crippen MR) is 118 cm³/mol. The first-order chi connectivity index (χ1) is 14.5. The molecule has 0 amide bonds. The lowest BCUT2D eigenvalue weighted by Gasteiger charge is -2.40. The van der Waals surface area contributed by atoms with Gasteiger partial charge in [-0.3, -0.25) is 9.78 Å². The van der Waals surface area contributed by atoms with Crippen LogP contribution < -0.4 is 16.0 Å². The summed E-state index contributed by atoms with van der Waals surface area (Å²) in [4.78, 5) is 16.8. The molecule has 2 N–H and O–H groups in total. The van der Waals surface area contributed by atoms with Crippen molar-refractivity contribution in [3.63, 3.8) is 0 Å². The summed E-state index contributed by atoms with van der Waals surface area (Å²) in [5, 5.41) is 5.38. The Bertz CT molecular complexity index is 1090. The third-order valence-electron chi connectivity index (χ3n) is 6.16. The molecule has 0 radical (unpaired) electrons. The van der Waals surface area contributed by atoms with Gasteiger partial charge in [0.1, 0.15) is 5.75 Å². The van der Waals surface area contributed by atoms with Crippen LogP contribution in [0.25, 0.3) is 11.3 Å². The first kappa shape index (κ1) is 20.6. The van der Waals surface area contributed by atoms with E-state index in [9.17, 15) is 4.79 Å². The maximum Gasteiger partial charge on any atom is 0.267 e. The summed E-state index contributed by atoms with van der Waals surface area (Å²) in [5.74, 6) is 0.652. The quantitative estimate of drug-likeness (QED) is 0.669. The number of nitrogens with two attached hydrogens (primary N) is 1. The fraction of sp³-hybridized carbons (Fsp3) is 0.348. The van der Waals surface area contributed by atoms with Crippen LogP contribution in [0.4, 0.5) is 0 Å². The summed E-state index contributed by atoms with van der Waals surface area (Å²) < 4.78 is 6.87. The van der Waals surface area contributed by atoms with Gasteiger partial charge in [0.25, 0.3) is 5.56 Å². The second-order valence-corrected chi connectivity index (χ2v) is 8.28. The van der Waals surface area contributed by atoms with Gasteiger partial charge in [-0.2, -0.15) is 5.10 Å². The molecular formula is C23H25ClN4O2. The summed E-state index contributed by atoms with van der Waals surface area (Å²) in [5.41, 5.74) is 8.70. The molecule has 1 saturated carbocycles. The number of aromatic nitrogens is 3. The third-order valence-corrected chi connectivity index (χ3v) is 6.39. The molecule has 2 heterocycles. The van der Waals surface area contributed by atoms with Crippen LogP contribution in [0.2, 0.25) is 5.02 Å². The predicted octanol–water partition coefficient (Wildman–Crippen LogP) is 3.98. The molecule has 30 heavy (non-hydrogen) atoms. The lowest BCUT2D eigenvalue weighted by Crippen LogP contribution is -2.41. The first-order valence-corrected chi connectivity index (χ1v) is 10.5. The average Bonchev–Trinajstić information content (AvgIpc) is 2.79. The maximum atomic E-state index is 12.6. The summed E-state index contributed by atoms with van der Waals surface area (Å²) in [6, 6.07) is 13.2. The summed E-state index contributed by atoms with van der Waals surface area (Å²) >= 11 is 6.22. The van der Waals surface area contributed by atoms with Gasteiger partial charge in [-0.05, 0) is 55.5 Å². The third kappa shape index (κ3) is 3.98. The van der Waals surface area contributed by atoms with Crippen molar-refractivity contribution in [1.82, 2.24) is 14.8 Å². The van der Waals surface area contributed by atoms with Crippen molar-refractivity contribution >= 4 is 11.6 Å². The molecule has 0 spiro atoms. The van der Waals surface area contributed by atoms with Crippen molar-refractivity contribution < 1.29 is 4.74 Å². The minimum atomic E-state index is -0.112. The molecule has 0 saturated heterocycles. The Labute approximate surface area is 180 Å². The number of nitrogens with zero attached hydrogens (tertiary/aromatic N) is 3. The maximum absolute atomic E-state index is 12.6. The Kier molecular flexibility index (Phi) is 5.88. The number of pyridine rings is 1. The molecule has 2 aromatic heterocycles. The highest BCUT2D eigenvalue weighted by molar-refractivity contribution is 6.30. The lowest BCUT2D eigenvalue weighted by molar-refractivity contribution is 0.222. The van der Waals surface area contributed by atoms with E-state index in [1.54, 1.807) is 36.3 Å². The standard InChI is InChI=1S/C23H25ClN4O2/c1-30-20-11-16(13-26-14-20)21-5-6-22(29)28(27-21)19-7-9-23(15-25,10-8-19)17-3-2-4-18(24)12-17/h2-6,11-14,19H,7-10,15,25H2,1H3/t19-,23+. The Morgan fingerprint density at radius 2 is 2.00 bits per heavy atom. The molecule has 3 aromatic rings. The van der Waals surface area contributed by atoms with Gasteiger partial charge < -0.3 is 10.5 Å². The number of ether oxygens (including phenoxy) is 1. The Morgan fingerprint density at radius 1 is 1.20 bits per heavy atom.